The number of aliphatic hydroxyl groups is 1. The van der Waals surface area contributed by atoms with Gasteiger partial charge in [-0.15, -0.1) is 0 Å². The molecule has 1 heteroatoms. The lowest BCUT2D eigenvalue weighted by atomic mass is 9.78. The second-order valence-electron chi connectivity index (χ2n) is 5.90. The third kappa shape index (κ3) is 2.64. The molecule has 0 saturated heterocycles. The Morgan fingerprint density at radius 1 is 1.10 bits per heavy atom. The molecular weight excluding hydrogens is 244 g/mol. The smallest absolute Gasteiger partial charge is 0.0649 e. The summed E-state index contributed by atoms with van der Waals surface area (Å²) in [6.07, 6.45) is 3.92. The van der Waals surface area contributed by atoms with Gasteiger partial charge in [-0.1, -0.05) is 48.5 Å². The summed E-state index contributed by atoms with van der Waals surface area (Å²) in [7, 11) is 0. The molecule has 20 heavy (non-hydrogen) atoms. The summed E-state index contributed by atoms with van der Waals surface area (Å²) in [5, 5.41) is 10.7. The third-order valence-electron chi connectivity index (χ3n) is 4.57. The van der Waals surface area contributed by atoms with E-state index in [2.05, 4.69) is 55.5 Å². The molecule has 1 aliphatic carbocycles. The number of fused-ring (bicyclic) bond motifs is 1. The lowest BCUT2D eigenvalue weighted by Crippen LogP contribution is -2.25. The minimum absolute atomic E-state index is 0.280. The van der Waals surface area contributed by atoms with Crippen LogP contribution in [0.4, 0.5) is 0 Å². The van der Waals surface area contributed by atoms with Crippen LogP contribution in [-0.4, -0.2) is 11.2 Å². The molecule has 0 spiro atoms. The van der Waals surface area contributed by atoms with Gasteiger partial charge in [0, 0.05) is 5.92 Å². The zero-order chi connectivity index (χ0) is 13.9. The number of benzene rings is 2. The first kappa shape index (κ1) is 13.4. The number of aryl methyl sites for hydroxylation is 2. The summed E-state index contributed by atoms with van der Waals surface area (Å²) >= 11 is 0. The Bertz CT molecular complexity index is 588. The molecule has 104 valence electrons. The van der Waals surface area contributed by atoms with Crippen LogP contribution in [0, 0.1) is 6.92 Å². The Morgan fingerprint density at radius 3 is 2.70 bits per heavy atom. The first-order valence-corrected chi connectivity index (χ1v) is 7.56. The standard InChI is InChI=1S/C19H22O/c1-14-7-2-3-9-16(14)13-19(20)18-12-6-10-15-8-4-5-11-17(15)18/h2-5,7-9,11,18-20H,6,10,12-13H2,1H3. The van der Waals surface area contributed by atoms with Crippen molar-refractivity contribution >= 4 is 0 Å². The maximum Gasteiger partial charge on any atom is 0.0649 e. The molecule has 1 nitrogen and oxygen atoms in total. The van der Waals surface area contributed by atoms with Crippen LogP contribution in [0.2, 0.25) is 0 Å². The van der Waals surface area contributed by atoms with E-state index in [0.717, 1.165) is 19.3 Å². The summed E-state index contributed by atoms with van der Waals surface area (Å²) in [5.74, 6) is 0.291. The fraction of sp³-hybridized carbons (Fsp3) is 0.368. The summed E-state index contributed by atoms with van der Waals surface area (Å²) in [4.78, 5) is 0. The van der Waals surface area contributed by atoms with Gasteiger partial charge in [-0.25, -0.2) is 0 Å². The van der Waals surface area contributed by atoms with Crippen molar-refractivity contribution in [2.24, 2.45) is 0 Å². The summed E-state index contributed by atoms with van der Waals surface area (Å²) in [5.41, 5.74) is 5.33. The van der Waals surface area contributed by atoms with Crippen LogP contribution >= 0.6 is 0 Å². The minimum Gasteiger partial charge on any atom is -0.392 e. The SMILES string of the molecule is Cc1ccccc1CC(O)C1CCCc2ccccc21. The number of hydrogen-bond donors (Lipinski definition) is 1. The third-order valence-corrected chi connectivity index (χ3v) is 4.57. The van der Waals surface area contributed by atoms with Crippen LogP contribution in [0.15, 0.2) is 48.5 Å². The van der Waals surface area contributed by atoms with Gasteiger partial charge in [0.25, 0.3) is 0 Å². The molecule has 1 aliphatic rings. The quantitative estimate of drug-likeness (QED) is 0.889. The van der Waals surface area contributed by atoms with E-state index in [1.807, 2.05) is 0 Å². The van der Waals surface area contributed by atoms with E-state index in [4.69, 9.17) is 0 Å². The van der Waals surface area contributed by atoms with E-state index in [-0.39, 0.29) is 6.10 Å². The van der Waals surface area contributed by atoms with Crippen molar-refractivity contribution in [2.45, 2.75) is 44.6 Å². The summed E-state index contributed by atoms with van der Waals surface area (Å²) < 4.78 is 0. The maximum atomic E-state index is 10.7. The number of aliphatic hydroxyl groups excluding tert-OH is 1. The van der Waals surface area contributed by atoms with Crippen molar-refractivity contribution in [3.8, 4) is 0 Å². The van der Waals surface area contributed by atoms with Gasteiger partial charge >= 0.3 is 0 Å². The molecular formula is C19H22O. The molecule has 0 fully saturated rings. The van der Waals surface area contributed by atoms with Gasteiger partial charge in [0.15, 0.2) is 0 Å². The van der Waals surface area contributed by atoms with Crippen LogP contribution in [0.25, 0.3) is 0 Å². The maximum absolute atomic E-state index is 10.7. The number of rotatable bonds is 3. The zero-order valence-corrected chi connectivity index (χ0v) is 12.0. The van der Waals surface area contributed by atoms with Gasteiger partial charge in [0.2, 0.25) is 0 Å². The zero-order valence-electron chi connectivity index (χ0n) is 12.0. The van der Waals surface area contributed by atoms with E-state index in [9.17, 15) is 5.11 Å². The van der Waals surface area contributed by atoms with Crippen molar-refractivity contribution in [3.63, 3.8) is 0 Å². The largest absolute Gasteiger partial charge is 0.392 e. The average Bonchev–Trinajstić information content (AvgIpc) is 2.49. The molecule has 2 unspecified atom stereocenters. The van der Waals surface area contributed by atoms with E-state index in [1.165, 1.54) is 28.7 Å². The topological polar surface area (TPSA) is 20.2 Å². The Labute approximate surface area is 121 Å². The molecule has 2 atom stereocenters. The van der Waals surface area contributed by atoms with Crippen molar-refractivity contribution < 1.29 is 5.11 Å². The van der Waals surface area contributed by atoms with Crippen molar-refractivity contribution in [1.82, 2.24) is 0 Å². The van der Waals surface area contributed by atoms with Gasteiger partial charge in [-0.3, -0.25) is 0 Å². The molecule has 0 radical (unpaired) electrons. The highest BCUT2D eigenvalue weighted by atomic mass is 16.3. The molecule has 0 aromatic heterocycles. The average molecular weight is 266 g/mol. The molecule has 0 aliphatic heterocycles. The molecule has 2 aromatic carbocycles. The fourth-order valence-corrected chi connectivity index (χ4v) is 3.40. The minimum atomic E-state index is -0.280. The van der Waals surface area contributed by atoms with Crippen LogP contribution in [0.3, 0.4) is 0 Å². The van der Waals surface area contributed by atoms with Crippen molar-refractivity contribution in [3.05, 3.63) is 70.8 Å². The van der Waals surface area contributed by atoms with Crippen LogP contribution in [0.1, 0.15) is 41.0 Å². The van der Waals surface area contributed by atoms with Crippen molar-refractivity contribution in [2.75, 3.05) is 0 Å². The molecule has 0 amide bonds. The Balaban J connectivity index is 1.82. The van der Waals surface area contributed by atoms with Crippen LogP contribution in [-0.2, 0) is 12.8 Å². The molecule has 1 N–H and O–H groups in total. The highest BCUT2D eigenvalue weighted by Gasteiger charge is 2.26. The second-order valence-corrected chi connectivity index (χ2v) is 5.90. The van der Waals surface area contributed by atoms with E-state index in [0.29, 0.717) is 5.92 Å². The Hall–Kier alpha value is -1.60. The monoisotopic (exact) mass is 266 g/mol. The van der Waals surface area contributed by atoms with E-state index >= 15 is 0 Å². The molecule has 0 heterocycles. The van der Waals surface area contributed by atoms with Crippen LogP contribution < -0.4 is 0 Å². The molecule has 3 rings (SSSR count). The van der Waals surface area contributed by atoms with Crippen molar-refractivity contribution in [1.29, 1.82) is 0 Å². The predicted octanol–water partition coefficient (Wildman–Crippen LogP) is 4.02. The van der Waals surface area contributed by atoms with Gasteiger partial charge in [-0.2, -0.15) is 0 Å². The molecule has 0 bridgehead atoms. The van der Waals surface area contributed by atoms with E-state index < -0.39 is 0 Å². The first-order chi connectivity index (χ1) is 9.75. The Morgan fingerprint density at radius 2 is 1.85 bits per heavy atom. The Kier molecular flexibility index (Phi) is 3.88. The normalized spacial score (nSPS) is 19.4. The summed E-state index contributed by atoms with van der Waals surface area (Å²) in [6, 6.07) is 17.0. The van der Waals surface area contributed by atoms with Gasteiger partial charge in [0.05, 0.1) is 6.10 Å². The molecule has 2 aromatic rings. The second kappa shape index (κ2) is 5.80. The lowest BCUT2D eigenvalue weighted by Gasteiger charge is -2.29. The summed E-state index contributed by atoms with van der Waals surface area (Å²) in [6.45, 7) is 2.12. The predicted molar refractivity (Wildman–Crippen MR) is 83.0 cm³/mol. The highest BCUT2D eigenvalue weighted by Crippen LogP contribution is 2.35. The van der Waals surface area contributed by atoms with Gasteiger partial charge < -0.3 is 5.11 Å². The number of hydrogen-bond acceptors (Lipinski definition) is 1. The lowest BCUT2D eigenvalue weighted by molar-refractivity contribution is 0.134. The molecule has 0 saturated carbocycles. The first-order valence-electron chi connectivity index (χ1n) is 7.56. The van der Waals surface area contributed by atoms with Crippen LogP contribution in [0.5, 0.6) is 0 Å². The highest BCUT2D eigenvalue weighted by molar-refractivity contribution is 5.34. The van der Waals surface area contributed by atoms with E-state index in [1.54, 1.807) is 0 Å². The van der Waals surface area contributed by atoms with Gasteiger partial charge in [-0.05, 0) is 54.9 Å². The van der Waals surface area contributed by atoms with Gasteiger partial charge in [0.1, 0.15) is 0 Å². The fourth-order valence-electron chi connectivity index (χ4n) is 3.40.